The van der Waals surface area contributed by atoms with Gasteiger partial charge in [-0.15, -0.1) is 0 Å². The average molecular weight is 305 g/mol. The number of nitrogens with zero attached hydrogens (tertiary/aromatic N) is 3. The first-order valence-electron chi connectivity index (χ1n) is 7.04. The van der Waals surface area contributed by atoms with Gasteiger partial charge in [-0.05, 0) is 17.7 Å². The van der Waals surface area contributed by atoms with Gasteiger partial charge in [-0.1, -0.05) is 37.6 Å². The molecule has 0 saturated heterocycles. The second-order valence-electron chi connectivity index (χ2n) is 5.41. The van der Waals surface area contributed by atoms with Crippen LogP contribution in [0.4, 0.5) is 5.95 Å². The molecule has 0 bridgehead atoms. The van der Waals surface area contributed by atoms with Crippen LogP contribution in [-0.4, -0.2) is 23.1 Å². The van der Waals surface area contributed by atoms with E-state index >= 15 is 0 Å². The summed E-state index contributed by atoms with van der Waals surface area (Å²) in [5.41, 5.74) is 2.22. The standard InChI is InChI=1S/C16H21ClN4/c1-12(2)18-8-14-9-19-16(20-10-14)21(3)11-13-5-4-6-15(17)7-13/h4-7,9-10,12,18H,8,11H2,1-3H3. The summed E-state index contributed by atoms with van der Waals surface area (Å²) in [6.07, 6.45) is 3.73. The highest BCUT2D eigenvalue weighted by molar-refractivity contribution is 6.30. The van der Waals surface area contributed by atoms with Crippen molar-refractivity contribution in [2.24, 2.45) is 0 Å². The number of anilines is 1. The first kappa shape index (κ1) is 15.7. The van der Waals surface area contributed by atoms with Gasteiger partial charge in [0.15, 0.2) is 0 Å². The van der Waals surface area contributed by atoms with Gasteiger partial charge in [0.25, 0.3) is 0 Å². The Morgan fingerprint density at radius 3 is 2.52 bits per heavy atom. The van der Waals surface area contributed by atoms with Crippen molar-refractivity contribution < 1.29 is 0 Å². The van der Waals surface area contributed by atoms with Crippen LogP contribution in [0.15, 0.2) is 36.7 Å². The maximum atomic E-state index is 6.00. The lowest BCUT2D eigenvalue weighted by Gasteiger charge is -2.17. The molecule has 1 aromatic carbocycles. The molecule has 0 aliphatic heterocycles. The fourth-order valence-electron chi connectivity index (χ4n) is 1.94. The maximum absolute atomic E-state index is 6.00. The van der Waals surface area contributed by atoms with Crippen molar-refractivity contribution in [2.45, 2.75) is 33.0 Å². The molecule has 0 amide bonds. The third-order valence-corrected chi connectivity index (χ3v) is 3.29. The van der Waals surface area contributed by atoms with Crippen molar-refractivity contribution in [2.75, 3.05) is 11.9 Å². The lowest BCUT2D eigenvalue weighted by Crippen LogP contribution is -2.23. The highest BCUT2D eigenvalue weighted by atomic mass is 35.5. The van der Waals surface area contributed by atoms with Gasteiger partial charge in [0.2, 0.25) is 5.95 Å². The molecule has 1 N–H and O–H groups in total. The zero-order chi connectivity index (χ0) is 15.2. The summed E-state index contributed by atoms with van der Waals surface area (Å²) in [4.78, 5) is 10.8. The van der Waals surface area contributed by atoms with E-state index in [9.17, 15) is 0 Å². The number of nitrogens with one attached hydrogen (secondary N) is 1. The smallest absolute Gasteiger partial charge is 0.225 e. The highest BCUT2D eigenvalue weighted by Gasteiger charge is 2.06. The summed E-state index contributed by atoms with van der Waals surface area (Å²) in [5.74, 6) is 0.711. The van der Waals surface area contributed by atoms with Crippen molar-refractivity contribution >= 4 is 17.5 Å². The Labute approximate surface area is 131 Å². The predicted octanol–water partition coefficient (Wildman–Crippen LogP) is 3.26. The molecule has 0 saturated carbocycles. The van der Waals surface area contributed by atoms with E-state index < -0.39 is 0 Å². The van der Waals surface area contributed by atoms with Gasteiger partial charge >= 0.3 is 0 Å². The Kier molecular flexibility index (Phi) is 5.53. The van der Waals surface area contributed by atoms with Gasteiger partial charge < -0.3 is 10.2 Å². The van der Waals surface area contributed by atoms with E-state index in [1.807, 2.05) is 48.6 Å². The third kappa shape index (κ3) is 4.99. The molecule has 112 valence electrons. The molecule has 0 spiro atoms. The molecule has 5 heteroatoms. The minimum Gasteiger partial charge on any atom is -0.340 e. The molecule has 0 unspecified atom stereocenters. The molecule has 0 aliphatic rings. The number of benzene rings is 1. The molecule has 1 heterocycles. The molecule has 0 atom stereocenters. The zero-order valence-electron chi connectivity index (χ0n) is 12.7. The molecule has 1 aromatic heterocycles. The molecule has 0 aliphatic carbocycles. The number of halogens is 1. The first-order valence-corrected chi connectivity index (χ1v) is 7.42. The van der Waals surface area contributed by atoms with Gasteiger partial charge in [-0.25, -0.2) is 9.97 Å². The lowest BCUT2D eigenvalue weighted by atomic mass is 10.2. The number of aromatic nitrogens is 2. The SMILES string of the molecule is CC(C)NCc1cnc(N(C)Cc2cccc(Cl)c2)nc1. The Hall–Kier alpha value is -1.65. The van der Waals surface area contributed by atoms with E-state index in [0.29, 0.717) is 12.0 Å². The van der Waals surface area contributed by atoms with Crippen LogP contribution in [0.2, 0.25) is 5.02 Å². The van der Waals surface area contributed by atoms with E-state index in [1.54, 1.807) is 0 Å². The molecule has 4 nitrogen and oxygen atoms in total. The molecule has 2 rings (SSSR count). The summed E-state index contributed by atoms with van der Waals surface area (Å²) in [5, 5.41) is 4.10. The summed E-state index contributed by atoms with van der Waals surface area (Å²) < 4.78 is 0. The summed E-state index contributed by atoms with van der Waals surface area (Å²) in [7, 11) is 1.97. The summed E-state index contributed by atoms with van der Waals surface area (Å²) in [6, 6.07) is 8.28. The minimum absolute atomic E-state index is 0.454. The van der Waals surface area contributed by atoms with E-state index in [1.165, 1.54) is 0 Å². The second kappa shape index (κ2) is 7.38. The summed E-state index contributed by atoms with van der Waals surface area (Å²) >= 11 is 6.00. The molecule has 0 fully saturated rings. The Bertz CT molecular complexity index is 569. The molecule has 2 aromatic rings. The van der Waals surface area contributed by atoms with Gasteiger partial charge in [-0.2, -0.15) is 0 Å². The van der Waals surface area contributed by atoms with Crippen LogP contribution in [0.3, 0.4) is 0 Å². The van der Waals surface area contributed by atoms with Crippen molar-refractivity contribution in [3.05, 3.63) is 52.8 Å². The second-order valence-corrected chi connectivity index (χ2v) is 5.85. The fourth-order valence-corrected chi connectivity index (χ4v) is 2.15. The van der Waals surface area contributed by atoms with Crippen LogP contribution in [0, 0.1) is 0 Å². The fraction of sp³-hybridized carbons (Fsp3) is 0.375. The molecule has 0 radical (unpaired) electrons. The normalized spacial score (nSPS) is 10.9. The molecule has 21 heavy (non-hydrogen) atoms. The van der Waals surface area contributed by atoms with E-state index in [0.717, 1.165) is 29.2 Å². The predicted molar refractivity (Wildman–Crippen MR) is 87.6 cm³/mol. The number of hydrogen-bond acceptors (Lipinski definition) is 4. The van der Waals surface area contributed by atoms with Crippen molar-refractivity contribution in [1.29, 1.82) is 0 Å². The zero-order valence-corrected chi connectivity index (χ0v) is 13.4. The Morgan fingerprint density at radius 2 is 1.90 bits per heavy atom. The number of hydrogen-bond donors (Lipinski definition) is 1. The van der Waals surface area contributed by atoms with Crippen molar-refractivity contribution in [3.63, 3.8) is 0 Å². The lowest BCUT2D eigenvalue weighted by molar-refractivity contribution is 0.586. The van der Waals surface area contributed by atoms with E-state index in [2.05, 4.69) is 29.1 Å². The van der Waals surface area contributed by atoms with Crippen LogP contribution < -0.4 is 10.2 Å². The topological polar surface area (TPSA) is 41.1 Å². The van der Waals surface area contributed by atoms with Crippen molar-refractivity contribution in [1.82, 2.24) is 15.3 Å². The van der Waals surface area contributed by atoms with Crippen LogP contribution in [0.5, 0.6) is 0 Å². The highest BCUT2D eigenvalue weighted by Crippen LogP contribution is 2.14. The van der Waals surface area contributed by atoms with Crippen LogP contribution in [-0.2, 0) is 13.1 Å². The third-order valence-electron chi connectivity index (χ3n) is 3.06. The van der Waals surface area contributed by atoms with Gasteiger partial charge in [0, 0.05) is 49.2 Å². The maximum Gasteiger partial charge on any atom is 0.225 e. The van der Waals surface area contributed by atoms with Gasteiger partial charge in [0.05, 0.1) is 0 Å². The molecular weight excluding hydrogens is 284 g/mol. The van der Waals surface area contributed by atoms with Gasteiger partial charge in [-0.3, -0.25) is 0 Å². The van der Waals surface area contributed by atoms with Crippen LogP contribution in [0.25, 0.3) is 0 Å². The minimum atomic E-state index is 0.454. The van der Waals surface area contributed by atoms with E-state index in [4.69, 9.17) is 11.6 Å². The largest absolute Gasteiger partial charge is 0.340 e. The summed E-state index contributed by atoms with van der Waals surface area (Å²) in [6.45, 7) is 5.75. The Balaban J connectivity index is 1.97. The van der Waals surface area contributed by atoms with Gasteiger partial charge in [0.1, 0.15) is 0 Å². The van der Waals surface area contributed by atoms with Crippen LogP contribution in [0.1, 0.15) is 25.0 Å². The first-order chi connectivity index (χ1) is 10.0. The van der Waals surface area contributed by atoms with Crippen LogP contribution >= 0.6 is 11.6 Å². The van der Waals surface area contributed by atoms with Crippen molar-refractivity contribution in [3.8, 4) is 0 Å². The molecular formula is C16H21ClN4. The number of rotatable bonds is 6. The average Bonchev–Trinajstić information content (AvgIpc) is 2.45. The monoisotopic (exact) mass is 304 g/mol. The Morgan fingerprint density at radius 1 is 1.19 bits per heavy atom. The van der Waals surface area contributed by atoms with E-state index in [-0.39, 0.29) is 0 Å². The quantitative estimate of drug-likeness (QED) is 0.889.